The first-order valence-electron chi connectivity index (χ1n) is 18.3. The van der Waals surface area contributed by atoms with E-state index in [1.807, 2.05) is 12.1 Å². The summed E-state index contributed by atoms with van der Waals surface area (Å²) < 4.78 is 4.67. The van der Waals surface area contributed by atoms with Crippen LogP contribution in [0.15, 0.2) is 194 Å². The van der Waals surface area contributed by atoms with Crippen molar-refractivity contribution in [3.05, 3.63) is 194 Å². The van der Waals surface area contributed by atoms with Crippen LogP contribution in [-0.4, -0.2) is 19.1 Å². The summed E-state index contributed by atoms with van der Waals surface area (Å²) in [7, 11) is 0. The monoisotopic (exact) mass is 688 g/mol. The summed E-state index contributed by atoms with van der Waals surface area (Å²) in [5, 5.41) is 6.03. The Morgan fingerprint density at radius 1 is 0.315 bits per heavy atom. The van der Waals surface area contributed by atoms with Gasteiger partial charge in [-0.3, -0.25) is 4.57 Å². The Kier molecular flexibility index (Phi) is 6.82. The number of pyridine rings is 1. The van der Waals surface area contributed by atoms with Gasteiger partial charge in [-0.25, -0.2) is 9.97 Å². The molecule has 0 aliphatic carbocycles. The maximum Gasteiger partial charge on any atom is 0.145 e. The lowest BCUT2D eigenvalue weighted by Gasteiger charge is -2.13. The lowest BCUT2D eigenvalue weighted by atomic mass is 9.96. The molecule has 3 aromatic heterocycles. The average Bonchev–Trinajstić information content (AvgIpc) is 3.81. The van der Waals surface area contributed by atoms with E-state index in [1.54, 1.807) is 0 Å². The highest BCUT2D eigenvalue weighted by atomic mass is 15.1. The van der Waals surface area contributed by atoms with E-state index in [1.165, 1.54) is 27.2 Å². The minimum atomic E-state index is 0.929. The molecule has 3 heterocycles. The molecule has 0 aliphatic rings. The highest BCUT2D eigenvalue weighted by Gasteiger charge is 2.20. The number of rotatable bonds is 5. The molecule has 0 saturated carbocycles. The minimum Gasteiger partial charge on any atom is -0.309 e. The second-order valence-corrected chi connectivity index (χ2v) is 13.8. The third-order valence-electron chi connectivity index (χ3n) is 10.7. The number of para-hydroxylation sites is 5. The molecule has 0 bridgehead atoms. The van der Waals surface area contributed by atoms with Crippen LogP contribution < -0.4 is 0 Å². The molecule has 11 rings (SSSR count). The van der Waals surface area contributed by atoms with Crippen molar-refractivity contribution in [2.75, 3.05) is 0 Å². The fourth-order valence-electron chi connectivity index (χ4n) is 8.29. The Morgan fingerprint density at radius 2 is 0.944 bits per heavy atom. The second kappa shape index (κ2) is 12.1. The molecule has 0 radical (unpaired) electrons. The maximum atomic E-state index is 5.22. The van der Waals surface area contributed by atoms with Crippen LogP contribution in [0.4, 0.5) is 0 Å². The number of aromatic nitrogens is 4. The third-order valence-corrected chi connectivity index (χ3v) is 10.7. The van der Waals surface area contributed by atoms with Crippen molar-refractivity contribution in [2.24, 2.45) is 0 Å². The van der Waals surface area contributed by atoms with Gasteiger partial charge in [0.2, 0.25) is 0 Å². The van der Waals surface area contributed by atoms with Crippen LogP contribution in [-0.2, 0) is 0 Å². The summed E-state index contributed by atoms with van der Waals surface area (Å²) >= 11 is 0. The van der Waals surface area contributed by atoms with E-state index >= 15 is 0 Å². The minimum absolute atomic E-state index is 0.929. The molecule has 0 saturated heterocycles. The molecule has 0 spiro atoms. The zero-order valence-electron chi connectivity index (χ0n) is 29.3. The summed E-state index contributed by atoms with van der Waals surface area (Å²) in [4.78, 5) is 10.3. The Labute approximate surface area is 311 Å². The molecule has 0 unspecified atom stereocenters. The normalized spacial score (nSPS) is 11.7. The van der Waals surface area contributed by atoms with Gasteiger partial charge >= 0.3 is 0 Å². The molecule has 252 valence electrons. The number of imidazole rings is 1. The molecular weight excluding hydrogens is 657 g/mol. The molecule has 0 N–H and O–H groups in total. The maximum absolute atomic E-state index is 5.22. The van der Waals surface area contributed by atoms with Crippen LogP contribution in [0.2, 0.25) is 0 Å². The first-order chi connectivity index (χ1) is 26.8. The van der Waals surface area contributed by atoms with Gasteiger partial charge in [-0.1, -0.05) is 140 Å². The van der Waals surface area contributed by atoms with Crippen LogP contribution in [0.3, 0.4) is 0 Å². The number of hydrogen-bond acceptors (Lipinski definition) is 2. The number of fused-ring (bicyclic) bond motifs is 8. The van der Waals surface area contributed by atoms with Gasteiger partial charge in [-0.05, 0) is 65.7 Å². The molecule has 0 aliphatic heterocycles. The Hall–Kier alpha value is -7.30. The lowest BCUT2D eigenvalue weighted by molar-refractivity contribution is 1.10. The molecular formula is C50H32N4. The van der Waals surface area contributed by atoms with Crippen LogP contribution in [0.5, 0.6) is 0 Å². The second-order valence-electron chi connectivity index (χ2n) is 13.8. The van der Waals surface area contributed by atoms with E-state index < -0.39 is 0 Å². The van der Waals surface area contributed by atoms with Gasteiger partial charge < -0.3 is 4.57 Å². The van der Waals surface area contributed by atoms with E-state index in [0.717, 1.165) is 72.5 Å². The summed E-state index contributed by atoms with van der Waals surface area (Å²) in [5.41, 5.74) is 13.1. The molecule has 0 fully saturated rings. The Bertz CT molecular complexity index is 3190. The highest BCUT2D eigenvalue weighted by molar-refractivity contribution is 6.29. The third kappa shape index (κ3) is 4.70. The van der Waals surface area contributed by atoms with E-state index in [9.17, 15) is 0 Å². The molecule has 4 heteroatoms. The van der Waals surface area contributed by atoms with Crippen molar-refractivity contribution < 1.29 is 0 Å². The van der Waals surface area contributed by atoms with Gasteiger partial charge in [0, 0.05) is 49.4 Å². The predicted octanol–water partition coefficient (Wildman–Crippen LogP) is 12.8. The zero-order chi connectivity index (χ0) is 35.6. The molecule has 11 aromatic rings. The molecule has 0 amide bonds. The fourth-order valence-corrected chi connectivity index (χ4v) is 8.29. The van der Waals surface area contributed by atoms with Crippen molar-refractivity contribution in [3.63, 3.8) is 0 Å². The molecule has 54 heavy (non-hydrogen) atoms. The number of hydrogen-bond donors (Lipinski definition) is 0. The smallest absolute Gasteiger partial charge is 0.145 e. The van der Waals surface area contributed by atoms with Gasteiger partial charge in [0.1, 0.15) is 5.82 Å². The number of nitrogens with zero attached hydrogens (tertiary/aromatic N) is 4. The van der Waals surface area contributed by atoms with Crippen LogP contribution >= 0.6 is 0 Å². The van der Waals surface area contributed by atoms with Gasteiger partial charge in [0.05, 0.1) is 33.3 Å². The summed E-state index contributed by atoms with van der Waals surface area (Å²) in [6.45, 7) is 0. The average molecular weight is 689 g/mol. The van der Waals surface area contributed by atoms with Gasteiger partial charge in [-0.2, -0.15) is 0 Å². The van der Waals surface area contributed by atoms with Gasteiger partial charge in [-0.15, -0.1) is 0 Å². The van der Waals surface area contributed by atoms with E-state index in [4.69, 9.17) is 9.97 Å². The van der Waals surface area contributed by atoms with Crippen LogP contribution in [0.1, 0.15) is 0 Å². The quantitative estimate of drug-likeness (QED) is 0.169. The number of benzene rings is 8. The van der Waals surface area contributed by atoms with E-state index in [0.29, 0.717) is 0 Å². The van der Waals surface area contributed by atoms with Gasteiger partial charge in [0.15, 0.2) is 0 Å². The molecule has 8 aromatic carbocycles. The first kappa shape index (κ1) is 30.3. The van der Waals surface area contributed by atoms with Crippen molar-refractivity contribution in [1.82, 2.24) is 19.1 Å². The first-order valence-corrected chi connectivity index (χ1v) is 18.3. The summed E-state index contributed by atoms with van der Waals surface area (Å²) in [5.74, 6) is 0.929. The largest absolute Gasteiger partial charge is 0.309 e. The fraction of sp³-hybridized carbons (Fsp3) is 0. The Balaban J connectivity index is 1.07. The molecule has 0 atom stereocenters. The SMILES string of the molecule is c1ccc(-c2nc3ccccc3c3c2ccc2c3c3ccccc3n2-c2cccc(-c3ccc(-c4nc5ccccc5n4-c4ccccc4)cc3)c2)cc1. The van der Waals surface area contributed by atoms with Crippen molar-refractivity contribution >= 4 is 54.5 Å². The molecule has 4 nitrogen and oxygen atoms in total. The van der Waals surface area contributed by atoms with Crippen molar-refractivity contribution in [2.45, 2.75) is 0 Å². The van der Waals surface area contributed by atoms with E-state index in [-0.39, 0.29) is 0 Å². The summed E-state index contributed by atoms with van der Waals surface area (Å²) in [6, 6.07) is 68.9. The standard InChI is InChI=1S/C50H32N4/c1-3-14-34(15-4-1)49-41-30-31-46-48(47(41)39-20-7-9-22-42(39)51-49)40-21-8-11-24-44(40)53(46)38-19-13-16-36(32-38)33-26-28-35(29-27-33)50-52-43-23-10-12-25-45(43)54(50)37-17-5-2-6-18-37/h1-32H. The van der Waals surface area contributed by atoms with Gasteiger partial charge in [0.25, 0.3) is 0 Å². The topological polar surface area (TPSA) is 35.6 Å². The van der Waals surface area contributed by atoms with E-state index in [2.05, 4.69) is 191 Å². The summed E-state index contributed by atoms with van der Waals surface area (Å²) in [6.07, 6.45) is 0. The highest BCUT2D eigenvalue weighted by Crippen LogP contribution is 2.42. The zero-order valence-corrected chi connectivity index (χ0v) is 29.3. The predicted molar refractivity (Wildman–Crippen MR) is 225 cm³/mol. The Morgan fingerprint density at radius 3 is 1.76 bits per heavy atom. The lowest BCUT2D eigenvalue weighted by Crippen LogP contribution is -1.97. The van der Waals surface area contributed by atoms with Crippen LogP contribution in [0, 0.1) is 0 Å². The van der Waals surface area contributed by atoms with Crippen LogP contribution in [0.25, 0.3) is 99.7 Å². The van der Waals surface area contributed by atoms with Crippen molar-refractivity contribution in [3.8, 4) is 45.1 Å². The van der Waals surface area contributed by atoms with Crippen molar-refractivity contribution in [1.29, 1.82) is 0 Å².